The minimum atomic E-state index is 0.658. The third kappa shape index (κ3) is 3.14. The average Bonchev–Trinajstić information content (AvgIpc) is 2.34. The second kappa shape index (κ2) is 6.26. The highest BCUT2D eigenvalue weighted by Gasteiger charge is 1.98. The second-order valence-electron chi connectivity index (χ2n) is 3.17. The molecule has 0 saturated heterocycles. The van der Waals surface area contributed by atoms with E-state index in [0.717, 1.165) is 11.1 Å². The summed E-state index contributed by atoms with van der Waals surface area (Å²) in [5.41, 5.74) is 2.68. The summed E-state index contributed by atoms with van der Waals surface area (Å²) in [5, 5.41) is 11.8. The molecule has 0 aliphatic heterocycles. The van der Waals surface area contributed by atoms with Crippen LogP contribution >= 0.6 is 0 Å². The third-order valence-electron chi connectivity index (χ3n) is 2.05. The summed E-state index contributed by atoms with van der Waals surface area (Å²) in [5.74, 6) is 0. The van der Waals surface area contributed by atoms with Crippen LogP contribution in [-0.2, 0) is 0 Å². The fraction of sp³-hybridized carbons (Fsp3) is 0.0714. The zero-order chi connectivity index (χ0) is 11.8. The number of nitriles is 1. The molecule has 0 heterocycles. The van der Waals surface area contributed by atoms with Gasteiger partial charge in [0.25, 0.3) is 0 Å². The molecule has 1 N–H and O–H groups in total. The minimum absolute atomic E-state index is 0.658. The Morgan fingerprint density at radius 1 is 1.50 bits per heavy atom. The quantitative estimate of drug-likeness (QED) is 0.776. The zero-order valence-electron chi connectivity index (χ0n) is 9.27. The highest BCUT2D eigenvalue weighted by molar-refractivity contribution is 5.75. The lowest BCUT2D eigenvalue weighted by Gasteiger charge is -2.02. The molecule has 0 saturated carbocycles. The lowest BCUT2D eigenvalue weighted by atomic mass is 10.0. The van der Waals surface area contributed by atoms with Crippen molar-refractivity contribution in [1.29, 1.82) is 5.26 Å². The van der Waals surface area contributed by atoms with Gasteiger partial charge in [0.05, 0.1) is 11.6 Å². The van der Waals surface area contributed by atoms with Crippen molar-refractivity contribution in [2.24, 2.45) is 0 Å². The summed E-state index contributed by atoms with van der Waals surface area (Å²) in [7, 11) is 1.84. The summed E-state index contributed by atoms with van der Waals surface area (Å²) in [4.78, 5) is 0. The molecule has 0 fully saturated rings. The van der Waals surface area contributed by atoms with Gasteiger partial charge in [-0.2, -0.15) is 5.26 Å². The maximum Gasteiger partial charge on any atom is 0.0991 e. The summed E-state index contributed by atoms with van der Waals surface area (Å²) >= 11 is 0. The molecule has 2 heteroatoms. The first kappa shape index (κ1) is 11.8. The van der Waals surface area contributed by atoms with Crippen molar-refractivity contribution in [3.63, 3.8) is 0 Å². The molecule has 80 valence electrons. The smallest absolute Gasteiger partial charge is 0.0991 e. The van der Waals surface area contributed by atoms with E-state index < -0.39 is 0 Å². The largest absolute Gasteiger partial charge is 0.394 e. The van der Waals surface area contributed by atoms with E-state index in [0.29, 0.717) is 5.56 Å². The van der Waals surface area contributed by atoms with Gasteiger partial charge in [0.1, 0.15) is 0 Å². The van der Waals surface area contributed by atoms with Gasteiger partial charge in [-0.25, -0.2) is 0 Å². The molecule has 2 nitrogen and oxygen atoms in total. The van der Waals surface area contributed by atoms with Crippen LogP contribution in [0.1, 0.15) is 11.1 Å². The fourth-order valence-electron chi connectivity index (χ4n) is 1.32. The van der Waals surface area contributed by atoms with Crippen molar-refractivity contribution < 1.29 is 0 Å². The molecule has 1 aromatic rings. The highest BCUT2D eigenvalue weighted by atomic mass is 14.8. The van der Waals surface area contributed by atoms with Gasteiger partial charge in [0.15, 0.2) is 0 Å². The monoisotopic (exact) mass is 210 g/mol. The molecule has 0 aliphatic carbocycles. The van der Waals surface area contributed by atoms with E-state index in [1.165, 1.54) is 0 Å². The number of allylic oxidation sites excluding steroid dienone is 4. The molecule has 1 aromatic carbocycles. The Morgan fingerprint density at radius 3 is 2.94 bits per heavy atom. The van der Waals surface area contributed by atoms with E-state index in [4.69, 9.17) is 5.26 Å². The molecule has 0 amide bonds. The fourth-order valence-corrected chi connectivity index (χ4v) is 1.32. The molecule has 0 radical (unpaired) electrons. The number of nitrogens with zero attached hydrogens (tertiary/aromatic N) is 1. The number of rotatable bonds is 4. The molecule has 0 atom stereocenters. The molecular formula is C14H14N2. The number of benzene rings is 1. The molecule has 16 heavy (non-hydrogen) atoms. The van der Waals surface area contributed by atoms with Crippen LogP contribution in [0.2, 0.25) is 0 Å². The Labute approximate surface area is 96.2 Å². The van der Waals surface area contributed by atoms with Gasteiger partial charge in [-0.1, -0.05) is 30.9 Å². The Morgan fingerprint density at radius 2 is 2.31 bits per heavy atom. The van der Waals surface area contributed by atoms with Crippen LogP contribution in [0.15, 0.2) is 55.3 Å². The number of hydrogen-bond donors (Lipinski definition) is 1. The maximum absolute atomic E-state index is 8.83. The van der Waals surface area contributed by atoms with E-state index in [1.54, 1.807) is 12.1 Å². The summed E-state index contributed by atoms with van der Waals surface area (Å²) < 4.78 is 0. The van der Waals surface area contributed by atoms with Crippen molar-refractivity contribution >= 4 is 5.57 Å². The summed E-state index contributed by atoms with van der Waals surface area (Å²) in [6.45, 7) is 3.68. The number of nitrogens with one attached hydrogen (secondary N) is 1. The topological polar surface area (TPSA) is 35.8 Å². The van der Waals surface area contributed by atoms with Crippen LogP contribution < -0.4 is 5.32 Å². The molecular weight excluding hydrogens is 196 g/mol. The van der Waals surface area contributed by atoms with Gasteiger partial charge in [-0.3, -0.25) is 0 Å². The van der Waals surface area contributed by atoms with Crippen LogP contribution in [0.3, 0.4) is 0 Å². The van der Waals surface area contributed by atoms with E-state index in [1.807, 2.05) is 43.6 Å². The van der Waals surface area contributed by atoms with Gasteiger partial charge in [-0.05, 0) is 35.5 Å². The summed E-state index contributed by atoms with van der Waals surface area (Å²) in [6.07, 6.45) is 7.42. The predicted molar refractivity (Wildman–Crippen MR) is 67.5 cm³/mol. The van der Waals surface area contributed by atoms with Gasteiger partial charge < -0.3 is 5.32 Å². The van der Waals surface area contributed by atoms with E-state index in [9.17, 15) is 0 Å². The van der Waals surface area contributed by atoms with E-state index in [-0.39, 0.29) is 0 Å². The van der Waals surface area contributed by atoms with Crippen LogP contribution in [0.25, 0.3) is 5.57 Å². The highest BCUT2D eigenvalue weighted by Crippen LogP contribution is 2.17. The Hall–Kier alpha value is -2.27. The van der Waals surface area contributed by atoms with Crippen molar-refractivity contribution in [1.82, 2.24) is 5.32 Å². The zero-order valence-corrected chi connectivity index (χ0v) is 9.27. The molecule has 1 rings (SSSR count). The predicted octanol–water partition coefficient (Wildman–Crippen LogP) is 2.86. The van der Waals surface area contributed by atoms with Crippen LogP contribution in [0.5, 0.6) is 0 Å². The van der Waals surface area contributed by atoms with Crippen LogP contribution in [0.4, 0.5) is 0 Å². The standard InChI is InChI=1S/C14H14N2/c1-3-5-13(8-9-16-2)14-7-4-6-12(10-14)11-15/h3-10,16H,1H2,2H3/b9-8-,13-5+. The SMILES string of the molecule is C=C/C=C(\C=C/NC)c1cccc(C#N)c1. The molecule has 0 spiro atoms. The Balaban J connectivity index is 3.12. The molecule has 0 aromatic heterocycles. The third-order valence-corrected chi connectivity index (χ3v) is 2.05. The first-order chi connectivity index (χ1) is 7.81. The molecule has 0 bridgehead atoms. The lowest BCUT2D eigenvalue weighted by molar-refractivity contribution is 1.10. The van der Waals surface area contributed by atoms with Gasteiger partial charge in [0, 0.05) is 7.05 Å². The Kier molecular flexibility index (Phi) is 4.62. The van der Waals surface area contributed by atoms with Gasteiger partial charge >= 0.3 is 0 Å². The summed E-state index contributed by atoms with van der Waals surface area (Å²) in [6, 6.07) is 9.61. The van der Waals surface area contributed by atoms with Crippen LogP contribution in [-0.4, -0.2) is 7.05 Å². The average molecular weight is 210 g/mol. The Bertz CT molecular complexity index is 462. The van der Waals surface area contributed by atoms with Crippen molar-refractivity contribution in [3.8, 4) is 6.07 Å². The maximum atomic E-state index is 8.83. The second-order valence-corrected chi connectivity index (χ2v) is 3.17. The van der Waals surface area contributed by atoms with Gasteiger partial charge in [-0.15, -0.1) is 0 Å². The lowest BCUT2D eigenvalue weighted by Crippen LogP contribution is -1.92. The molecule has 0 aliphatic rings. The first-order valence-corrected chi connectivity index (χ1v) is 4.99. The normalized spacial score (nSPS) is 11.1. The van der Waals surface area contributed by atoms with Crippen molar-refractivity contribution in [2.45, 2.75) is 0 Å². The van der Waals surface area contributed by atoms with E-state index in [2.05, 4.69) is 18.0 Å². The molecule has 0 unspecified atom stereocenters. The minimum Gasteiger partial charge on any atom is -0.394 e. The van der Waals surface area contributed by atoms with E-state index >= 15 is 0 Å². The van der Waals surface area contributed by atoms with Crippen molar-refractivity contribution in [3.05, 3.63) is 66.4 Å². The first-order valence-electron chi connectivity index (χ1n) is 4.99. The van der Waals surface area contributed by atoms with Crippen LogP contribution in [0, 0.1) is 11.3 Å². The van der Waals surface area contributed by atoms with Crippen molar-refractivity contribution in [2.75, 3.05) is 7.05 Å². The number of hydrogen-bond acceptors (Lipinski definition) is 2. The van der Waals surface area contributed by atoms with Gasteiger partial charge in [0.2, 0.25) is 0 Å².